The van der Waals surface area contributed by atoms with Gasteiger partial charge in [0, 0.05) is 0 Å². The predicted octanol–water partition coefficient (Wildman–Crippen LogP) is -3.98. The van der Waals surface area contributed by atoms with Gasteiger partial charge in [0.15, 0.2) is 0 Å². The van der Waals surface area contributed by atoms with E-state index in [2.05, 4.69) is 24.3 Å². The number of esters is 1. The zero-order chi connectivity index (χ0) is 20.1. The average Bonchev–Trinajstić information content (AvgIpc) is 2.55. The van der Waals surface area contributed by atoms with Gasteiger partial charge in [0.1, 0.15) is 18.5 Å². The monoisotopic (exact) mass is 379 g/mol. The highest BCUT2D eigenvalue weighted by atomic mass is 17.2. The molecular weight excluding hydrogens is 362 g/mol. The molecule has 0 aromatic carbocycles. The average molecular weight is 379 g/mol. The Balaban J connectivity index is 3.03. The molecule has 146 valence electrons. The number of hydrogen-bond donors (Lipinski definition) is 4. The smallest absolute Gasteiger partial charge is 0.414 e. The van der Waals surface area contributed by atoms with Crippen molar-refractivity contribution in [2.75, 3.05) is 0 Å². The molecule has 14 nitrogen and oxygen atoms in total. The first-order valence-corrected chi connectivity index (χ1v) is 7.00. The van der Waals surface area contributed by atoms with Crippen molar-refractivity contribution in [2.45, 2.75) is 43.7 Å². The van der Waals surface area contributed by atoms with Gasteiger partial charge in [-0.2, -0.15) is 0 Å². The van der Waals surface area contributed by atoms with Crippen LogP contribution < -0.4 is 17.2 Å². The maximum absolute atomic E-state index is 12.0. The highest BCUT2D eigenvalue weighted by Crippen LogP contribution is 2.16. The van der Waals surface area contributed by atoms with Gasteiger partial charge in [0.2, 0.25) is 0 Å². The van der Waals surface area contributed by atoms with Crippen molar-refractivity contribution in [1.29, 1.82) is 0 Å². The molecule has 4 atom stereocenters. The molecule has 1 fully saturated rings. The first-order chi connectivity index (χ1) is 12.0. The van der Waals surface area contributed by atoms with Gasteiger partial charge in [-0.3, -0.25) is 10.5 Å². The molecule has 0 radical (unpaired) electrons. The molecule has 1 heterocycles. The summed E-state index contributed by atoms with van der Waals surface area (Å²) >= 11 is 0. The Kier molecular flexibility index (Phi) is 6.96. The van der Waals surface area contributed by atoms with E-state index in [1.54, 1.807) is 0 Å². The molecule has 0 amide bonds. The summed E-state index contributed by atoms with van der Waals surface area (Å²) < 4.78 is 4.59. The van der Waals surface area contributed by atoms with Gasteiger partial charge in [-0.25, -0.2) is 38.7 Å². The summed E-state index contributed by atoms with van der Waals surface area (Å²) in [5.74, 6) is -7.09. The fourth-order valence-electron chi connectivity index (χ4n) is 1.44. The SMILES string of the molecule is CC(O)C(N)C(=O)OC1(N)CC(=O)OOC(=O)CC(N)C(=O)OOC1=O. The molecule has 0 saturated carbocycles. The molecule has 0 aliphatic carbocycles. The summed E-state index contributed by atoms with van der Waals surface area (Å²) in [6, 6.07) is -3.25. The third kappa shape index (κ3) is 5.62. The van der Waals surface area contributed by atoms with Crippen LogP contribution in [0, 0.1) is 0 Å². The van der Waals surface area contributed by atoms with Crippen LogP contribution >= 0.6 is 0 Å². The lowest BCUT2D eigenvalue weighted by Gasteiger charge is -2.27. The molecule has 0 aromatic heterocycles. The van der Waals surface area contributed by atoms with Crippen molar-refractivity contribution in [1.82, 2.24) is 0 Å². The summed E-state index contributed by atoms with van der Waals surface area (Å²) in [7, 11) is 0. The standard InChI is InChI=1S/C12H17N3O11/c1-4(16)8(14)10(20)22-12(15)3-7(18)24-23-6(17)2-5(13)9(19)25-26-11(12)21/h4-5,8,16H,2-3,13-15H2,1H3. The van der Waals surface area contributed by atoms with Crippen LogP contribution in [0.25, 0.3) is 0 Å². The third-order valence-corrected chi connectivity index (χ3v) is 2.94. The van der Waals surface area contributed by atoms with Crippen LogP contribution in [0.3, 0.4) is 0 Å². The van der Waals surface area contributed by atoms with Crippen LogP contribution in [0.5, 0.6) is 0 Å². The topological polar surface area (TPSA) is 230 Å². The van der Waals surface area contributed by atoms with Crippen LogP contribution in [-0.4, -0.2) is 58.9 Å². The van der Waals surface area contributed by atoms with Crippen LogP contribution in [0.1, 0.15) is 19.8 Å². The van der Waals surface area contributed by atoms with Crippen LogP contribution in [0.15, 0.2) is 0 Å². The molecule has 14 heteroatoms. The molecule has 0 bridgehead atoms. The normalized spacial score (nSPS) is 27.5. The van der Waals surface area contributed by atoms with Gasteiger partial charge in [-0.15, -0.1) is 0 Å². The first kappa shape index (κ1) is 21.2. The predicted molar refractivity (Wildman–Crippen MR) is 74.2 cm³/mol. The van der Waals surface area contributed by atoms with E-state index >= 15 is 0 Å². The van der Waals surface area contributed by atoms with E-state index in [-0.39, 0.29) is 0 Å². The molecule has 1 rings (SSSR count). The van der Waals surface area contributed by atoms with Gasteiger partial charge in [0.25, 0.3) is 5.72 Å². The number of hydrogen-bond acceptors (Lipinski definition) is 14. The number of aliphatic hydroxyl groups is 1. The minimum atomic E-state index is -2.88. The van der Waals surface area contributed by atoms with Gasteiger partial charge in [-0.1, -0.05) is 0 Å². The van der Waals surface area contributed by atoms with E-state index in [1.165, 1.54) is 0 Å². The van der Waals surface area contributed by atoms with Crippen molar-refractivity contribution in [3.05, 3.63) is 0 Å². The van der Waals surface area contributed by atoms with Crippen molar-refractivity contribution in [2.24, 2.45) is 17.2 Å². The highest BCUT2D eigenvalue weighted by molar-refractivity contribution is 5.90. The minimum absolute atomic E-state index is 0.754. The number of nitrogens with two attached hydrogens (primary N) is 3. The van der Waals surface area contributed by atoms with Gasteiger partial charge in [-0.05, 0) is 6.92 Å². The van der Waals surface area contributed by atoms with E-state index in [0.29, 0.717) is 0 Å². The Morgan fingerprint density at radius 1 is 1.19 bits per heavy atom. The molecule has 26 heavy (non-hydrogen) atoms. The fourth-order valence-corrected chi connectivity index (χ4v) is 1.44. The molecule has 0 aromatic rings. The van der Waals surface area contributed by atoms with Crippen LogP contribution in [-0.2, 0) is 48.3 Å². The van der Waals surface area contributed by atoms with E-state index in [9.17, 15) is 29.1 Å². The summed E-state index contributed by atoms with van der Waals surface area (Å²) in [6.07, 6.45) is -3.35. The Hall–Kier alpha value is -2.81. The quantitative estimate of drug-likeness (QED) is 0.208. The van der Waals surface area contributed by atoms with Gasteiger partial charge < -0.3 is 21.3 Å². The first-order valence-electron chi connectivity index (χ1n) is 7.00. The summed E-state index contributed by atoms with van der Waals surface area (Å²) in [5.41, 5.74) is 13.2. The lowest BCUT2D eigenvalue weighted by atomic mass is 10.1. The van der Waals surface area contributed by atoms with Gasteiger partial charge in [0.05, 0.1) is 12.5 Å². The van der Waals surface area contributed by atoms with Gasteiger partial charge >= 0.3 is 29.8 Å². The second-order valence-corrected chi connectivity index (χ2v) is 5.25. The third-order valence-electron chi connectivity index (χ3n) is 2.94. The Bertz CT molecular complexity index is 607. The van der Waals surface area contributed by atoms with Crippen molar-refractivity contribution in [3.8, 4) is 0 Å². The van der Waals surface area contributed by atoms with Crippen molar-refractivity contribution >= 4 is 29.8 Å². The zero-order valence-corrected chi connectivity index (χ0v) is 13.4. The van der Waals surface area contributed by atoms with Crippen LogP contribution in [0.4, 0.5) is 0 Å². The fraction of sp³-hybridized carbons (Fsp3) is 0.583. The summed E-state index contributed by atoms with van der Waals surface area (Å²) in [4.78, 5) is 74.6. The number of rotatable bonds is 3. The van der Waals surface area contributed by atoms with Crippen LogP contribution in [0.2, 0.25) is 0 Å². The molecule has 1 aliphatic heterocycles. The number of carbonyl (C=O) groups is 5. The Morgan fingerprint density at radius 3 is 2.35 bits per heavy atom. The molecule has 0 spiro atoms. The maximum Gasteiger partial charge on any atom is 0.414 e. The molecule has 7 N–H and O–H groups in total. The Morgan fingerprint density at radius 2 is 1.77 bits per heavy atom. The van der Waals surface area contributed by atoms with E-state index in [1.807, 2.05) is 0 Å². The molecule has 1 saturated heterocycles. The Labute approximate surface area is 145 Å². The van der Waals surface area contributed by atoms with Crippen molar-refractivity contribution < 1.29 is 53.4 Å². The summed E-state index contributed by atoms with van der Waals surface area (Å²) in [6.45, 7) is 1.14. The minimum Gasteiger partial charge on any atom is -0.430 e. The largest absolute Gasteiger partial charge is 0.430 e. The second kappa shape index (κ2) is 8.52. The zero-order valence-electron chi connectivity index (χ0n) is 13.4. The van der Waals surface area contributed by atoms with E-state index in [4.69, 9.17) is 17.2 Å². The highest BCUT2D eigenvalue weighted by Gasteiger charge is 2.47. The molecular formula is C12H17N3O11. The molecule has 4 unspecified atom stereocenters. The van der Waals surface area contributed by atoms with E-state index in [0.717, 1.165) is 6.92 Å². The van der Waals surface area contributed by atoms with Crippen molar-refractivity contribution in [3.63, 3.8) is 0 Å². The summed E-state index contributed by atoms with van der Waals surface area (Å²) in [5, 5.41) is 9.25. The maximum atomic E-state index is 12.0. The number of carbonyl (C=O) groups excluding carboxylic acids is 5. The lowest BCUT2D eigenvalue weighted by molar-refractivity contribution is -0.280. The lowest BCUT2D eigenvalue weighted by Crippen LogP contribution is -2.57. The molecule has 1 aliphatic rings. The number of ether oxygens (including phenoxy) is 1. The number of aliphatic hydroxyl groups excluding tert-OH is 1. The second-order valence-electron chi connectivity index (χ2n) is 5.25. The van der Waals surface area contributed by atoms with E-state index < -0.39 is 66.6 Å².